The lowest BCUT2D eigenvalue weighted by atomic mass is 10.1. The van der Waals surface area contributed by atoms with Gasteiger partial charge >= 0.3 is 6.09 Å². The summed E-state index contributed by atoms with van der Waals surface area (Å²) in [5, 5.41) is 10.0. The third-order valence-electron chi connectivity index (χ3n) is 1.75. The summed E-state index contributed by atoms with van der Waals surface area (Å²) in [4.78, 5) is 20.8. The molecule has 0 bridgehead atoms. The van der Waals surface area contributed by atoms with Crippen molar-refractivity contribution in [2.75, 3.05) is 0 Å². The molecule has 0 saturated carbocycles. The number of carboxylic acid groups (broad SMARTS) is 1. The van der Waals surface area contributed by atoms with Crippen molar-refractivity contribution >= 4 is 12.0 Å². The molecular weight excluding hydrogens is 170 g/mol. The van der Waals surface area contributed by atoms with Gasteiger partial charge < -0.3 is 5.11 Å². The fourth-order valence-electron chi connectivity index (χ4n) is 1.07. The Labute approximate surface area is 78.3 Å². The third kappa shape index (κ3) is 8.85. The minimum Gasteiger partial charge on any atom is -0.465 e. The summed E-state index contributed by atoms with van der Waals surface area (Å²) in [6, 6.07) is 0. The molecule has 0 atom stereocenters. The van der Waals surface area contributed by atoms with Gasteiger partial charge in [0, 0.05) is 6.42 Å². The lowest BCUT2D eigenvalue weighted by Gasteiger charge is -1.99. The van der Waals surface area contributed by atoms with E-state index in [1.54, 1.807) is 0 Å². The zero-order chi connectivity index (χ0) is 10.1. The van der Waals surface area contributed by atoms with Gasteiger partial charge in [0.1, 0.15) is 0 Å². The molecule has 0 aliphatic carbocycles. The molecule has 0 aromatic rings. The molecule has 0 spiro atoms. The highest BCUT2D eigenvalue weighted by Crippen LogP contribution is 2.04. The van der Waals surface area contributed by atoms with Crippen LogP contribution in [0.5, 0.6) is 0 Å². The van der Waals surface area contributed by atoms with Crippen molar-refractivity contribution in [1.29, 1.82) is 0 Å². The predicted octanol–water partition coefficient (Wildman–Crippen LogP) is 2.14. The van der Waals surface area contributed by atoms with E-state index in [0.29, 0.717) is 6.42 Å². The first-order valence-electron chi connectivity index (χ1n) is 4.69. The van der Waals surface area contributed by atoms with E-state index in [2.05, 4.69) is 6.92 Å². The molecule has 2 amide bonds. The maximum atomic E-state index is 10.8. The maximum Gasteiger partial charge on any atom is 0.411 e. The monoisotopic (exact) mass is 187 g/mol. The van der Waals surface area contributed by atoms with Gasteiger partial charge in [-0.25, -0.2) is 4.79 Å². The van der Waals surface area contributed by atoms with Crippen molar-refractivity contribution in [3.05, 3.63) is 0 Å². The molecule has 0 unspecified atom stereocenters. The van der Waals surface area contributed by atoms with Gasteiger partial charge in [0.05, 0.1) is 0 Å². The fraction of sp³-hybridized carbons (Fsp3) is 0.778. The molecule has 4 nitrogen and oxygen atoms in total. The topological polar surface area (TPSA) is 66.4 Å². The Kier molecular flexibility index (Phi) is 6.96. The van der Waals surface area contributed by atoms with E-state index in [1.165, 1.54) is 12.8 Å². The van der Waals surface area contributed by atoms with Crippen LogP contribution < -0.4 is 5.32 Å². The van der Waals surface area contributed by atoms with Gasteiger partial charge in [-0.3, -0.25) is 10.1 Å². The van der Waals surface area contributed by atoms with Crippen molar-refractivity contribution < 1.29 is 14.7 Å². The van der Waals surface area contributed by atoms with Crippen molar-refractivity contribution in [2.24, 2.45) is 0 Å². The highest BCUT2D eigenvalue weighted by atomic mass is 16.4. The molecule has 4 heteroatoms. The molecule has 0 heterocycles. The molecule has 0 rings (SSSR count). The predicted molar refractivity (Wildman–Crippen MR) is 49.5 cm³/mol. The Balaban J connectivity index is 3.22. The molecule has 0 aliphatic rings. The molecule has 0 radical (unpaired) electrons. The molecule has 0 aromatic carbocycles. The lowest BCUT2D eigenvalue weighted by molar-refractivity contribution is -0.120. The van der Waals surface area contributed by atoms with Crippen molar-refractivity contribution in [3.8, 4) is 0 Å². The zero-order valence-electron chi connectivity index (χ0n) is 8.01. The van der Waals surface area contributed by atoms with Gasteiger partial charge in [-0.2, -0.15) is 0 Å². The van der Waals surface area contributed by atoms with Crippen LogP contribution in [0.2, 0.25) is 0 Å². The largest absolute Gasteiger partial charge is 0.465 e. The van der Waals surface area contributed by atoms with E-state index in [1.807, 2.05) is 5.32 Å². The third-order valence-corrected chi connectivity index (χ3v) is 1.75. The second kappa shape index (κ2) is 7.58. The minimum atomic E-state index is -1.27. The molecule has 0 fully saturated rings. The van der Waals surface area contributed by atoms with Gasteiger partial charge in [0.15, 0.2) is 0 Å². The first-order valence-corrected chi connectivity index (χ1v) is 4.69. The number of imide groups is 1. The van der Waals surface area contributed by atoms with Gasteiger partial charge in [-0.15, -0.1) is 0 Å². The summed E-state index contributed by atoms with van der Waals surface area (Å²) >= 11 is 0. The Bertz CT molecular complexity index is 168. The average molecular weight is 187 g/mol. The molecule has 0 aromatic heterocycles. The number of amides is 2. The summed E-state index contributed by atoms with van der Waals surface area (Å²) in [6.07, 6.45) is 4.30. The van der Waals surface area contributed by atoms with Crippen molar-refractivity contribution in [3.63, 3.8) is 0 Å². The van der Waals surface area contributed by atoms with Crippen LogP contribution >= 0.6 is 0 Å². The van der Waals surface area contributed by atoms with Crippen LogP contribution in [0.25, 0.3) is 0 Å². The summed E-state index contributed by atoms with van der Waals surface area (Å²) in [5.41, 5.74) is 0. The van der Waals surface area contributed by atoms with Crippen LogP contribution in [0.3, 0.4) is 0 Å². The summed E-state index contributed by atoms with van der Waals surface area (Å²) in [7, 11) is 0. The Morgan fingerprint density at radius 3 is 2.31 bits per heavy atom. The van der Waals surface area contributed by atoms with Gasteiger partial charge in [-0.1, -0.05) is 32.6 Å². The molecule has 0 saturated heterocycles. The van der Waals surface area contributed by atoms with Crippen LogP contribution in [-0.2, 0) is 4.79 Å². The number of carbonyl (C=O) groups is 2. The van der Waals surface area contributed by atoms with Gasteiger partial charge in [-0.05, 0) is 6.42 Å². The van der Waals surface area contributed by atoms with Gasteiger partial charge in [0.2, 0.25) is 5.91 Å². The van der Waals surface area contributed by atoms with Crippen LogP contribution in [0.1, 0.15) is 45.4 Å². The van der Waals surface area contributed by atoms with Crippen LogP contribution in [-0.4, -0.2) is 17.1 Å². The lowest BCUT2D eigenvalue weighted by Crippen LogP contribution is -2.28. The SMILES string of the molecule is CCCCCCCC(=O)NC(=O)O. The van der Waals surface area contributed by atoms with E-state index in [0.717, 1.165) is 19.3 Å². The normalized spacial score (nSPS) is 9.62. The first-order chi connectivity index (χ1) is 6.16. The molecule has 0 aliphatic heterocycles. The highest BCUT2D eigenvalue weighted by Gasteiger charge is 2.03. The molecule has 13 heavy (non-hydrogen) atoms. The summed E-state index contributed by atoms with van der Waals surface area (Å²) < 4.78 is 0. The van der Waals surface area contributed by atoms with E-state index < -0.39 is 12.0 Å². The summed E-state index contributed by atoms with van der Waals surface area (Å²) in [6.45, 7) is 2.12. The standard InChI is InChI=1S/C9H17NO3/c1-2-3-4-5-6-7-8(11)10-9(12)13/h2-7H2,1H3,(H,10,11)(H,12,13). The van der Waals surface area contributed by atoms with E-state index in [4.69, 9.17) is 5.11 Å². The number of unbranched alkanes of at least 4 members (excludes halogenated alkanes) is 4. The number of hydrogen-bond donors (Lipinski definition) is 2. The zero-order valence-corrected chi connectivity index (χ0v) is 8.01. The first kappa shape index (κ1) is 11.9. The Morgan fingerprint density at radius 1 is 1.15 bits per heavy atom. The van der Waals surface area contributed by atoms with Crippen LogP contribution in [0, 0.1) is 0 Å². The van der Waals surface area contributed by atoms with E-state index in [-0.39, 0.29) is 0 Å². The molecule has 2 N–H and O–H groups in total. The Morgan fingerprint density at radius 2 is 1.77 bits per heavy atom. The summed E-state index contributed by atoms with van der Waals surface area (Å²) in [5.74, 6) is -0.399. The average Bonchev–Trinajstić information content (AvgIpc) is 2.02. The second-order valence-corrected chi connectivity index (χ2v) is 3.02. The van der Waals surface area contributed by atoms with Crippen molar-refractivity contribution in [1.82, 2.24) is 5.32 Å². The quantitative estimate of drug-likeness (QED) is 0.626. The maximum absolute atomic E-state index is 10.8. The number of nitrogens with one attached hydrogen (secondary N) is 1. The van der Waals surface area contributed by atoms with Crippen LogP contribution in [0.4, 0.5) is 4.79 Å². The molecule has 76 valence electrons. The molecular formula is C9H17NO3. The second-order valence-electron chi connectivity index (χ2n) is 3.02. The number of carbonyl (C=O) groups excluding carboxylic acids is 1. The van der Waals surface area contributed by atoms with E-state index in [9.17, 15) is 9.59 Å². The smallest absolute Gasteiger partial charge is 0.411 e. The van der Waals surface area contributed by atoms with E-state index >= 15 is 0 Å². The highest BCUT2D eigenvalue weighted by molar-refractivity contribution is 5.90. The minimum absolute atomic E-state index is 0.315. The number of hydrogen-bond acceptors (Lipinski definition) is 2. The van der Waals surface area contributed by atoms with Crippen LogP contribution in [0.15, 0.2) is 0 Å². The number of rotatable bonds is 6. The van der Waals surface area contributed by atoms with Crippen molar-refractivity contribution in [2.45, 2.75) is 45.4 Å². The van der Waals surface area contributed by atoms with Gasteiger partial charge in [0.25, 0.3) is 0 Å². The Hall–Kier alpha value is -1.06. The fourth-order valence-corrected chi connectivity index (χ4v) is 1.07.